The monoisotopic (exact) mass is 915 g/mol. The number of quaternary nitrogens is 2. The molecule has 0 bridgehead atoms. The van der Waals surface area contributed by atoms with E-state index in [2.05, 4.69) is 83.8 Å². The molecule has 4 N–H and O–H groups in total. The number of amides is 2. The van der Waals surface area contributed by atoms with Gasteiger partial charge in [-0.3, -0.25) is 9.59 Å². The second-order valence-electron chi connectivity index (χ2n) is 17.3. The van der Waals surface area contributed by atoms with Gasteiger partial charge in [-0.1, -0.05) is 64.1 Å². The molecule has 0 heterocycles. The number of nitrogens with zero attached hydrogens (tertiary/aromatic N) is 2. The van der Waals surface area contributed by atoms with Gasteiger partial charge in [-0.2, -0.15) is 0 Å². The topological polar surface area (TPSA) is 153 Å². The van der Waals surface area contributed by atoms with Gasteiger partial charge in [0.25, 0.3) is 0 Å². The van der Waals surface area contributed by atoms with E-state index in [9.17, 15) is 19.5 Å². The summed E-state index contributed by atoms with van der Waals surface area (Å²) in [6.07, 6.45) is 14.8. The summed E-state index contributed by atoms with van der Waals surface area (Å²) in [5, 5.41) is 23.7. The number of likely N-dealkylation sites (N-methyl/N-ethyl adjacent to an activating group) is 2. The molecule has 13 nitrogen and oxygen atoms in total. The lowest BCUT2D eigenvalue weighted by Gasteiger charge is -2.23. The molecule has 62 heavy (non-hydrogen) atoms. The van der Waals surface area contributed by atoms with Crippen LogP contribution in [0, 0.1) is 11.8 Å². The largest absolute Gasteiger partial charge is 1.00 e. The maximum atomic E-state index is 12.0. The molecule has 15 heteroatoms. The number of carbonyl (C=O) groups excluding carboxylic acids is 3. The molecule has 0 spiro atoms. The molecule has 0 saturated heterocycles. The van der Waals surface area contributed by atoms with Gasteiger partial charge in [-0.05, 0) is 85.8 Å². The Hall–Kier alpha value is -4.01. The number of halogens is 2. The zero-order valence-corrected chi connectivity index (χ0v) is 41.2. The smallest absolute Gasteiger partial charge is 0.514 e. The molecule has 0 fully saturated rings. The summed E-state index contributed by atoms with van der Waals surface area (Å²) < 4.78 is 22.2. The molecule has 356 valence electrons. The van der Waals surface area contributed by atoms with Crippen molar-refractivity contribution in [3.63, 3.8) is 0 Å². The van der Waals surface area contributed by atoms with Crippen LogP contribution in [0.5, 0.6) is 23.0 Å². The fourth-order valence-electron chi connectivity index (χ4n) is 4.97. The molecule has 0 atom stereocenters. The minimum absolute atomic E-state index is 0. The number of ether oxygens (including phenoxy) is 4. The van der Waals surface area contributed by atoms with Crippen molar-refractivity contribution in [1.82, 2.24) is 10.6 Å². The molecule has 0 aliphatic carbocycles. The Morgan fingerprint density at radius 1 is 0.661 bits per heavy atom. The standard InChI is InChI=1S/C24H38N2O5.C18H27NO3.C5H14NO.2ClH/c1-19(2)11-9-7-8-10-12-23(27)25-18-20-13-14-21(22(17-20)29-6)31-24(28)30-16-15-26(3,4)5;1-14(2)8-6-4-5-7-9-18(21)19-13-15-10-11-16(20)17(12-15)22-3;1-6(2,3)4-5-7;;/h9,11,13-14,17,19H,7-8,10,12,15-16,18H2,1-6H3;6,8,10-12,14,20H,4-5,7,9,13H2,1-3H3,(H,19,21);7H,4-5H2,1-3H3;2*1H/q;;+1;;/p-1/b11-9+;8-6+;;;. The van der Waals surface area contributed by atoms with Crippen LogP contribution < -0.4 is 49.7 Å². The molecule has 2 aromatic carbocycles. The summed E-state index contributed by atoms with van der Waals surface area (Å²) in [6, 6.07) is 10.2. The third kappa shape index (κ3) is 35.6. The average molecular weight is 916 g/mol. The Labute approximate surface area is 386 Å². The first-order valence-electron chi connectivity index (χ1n) is 21.2. The summed E-state index contributed by atoms with van der Waals surface area (Å²) in [5.41, 5.74) is 1.76. The number of methoxy groups -OCH3 is 2. The highest BCUT2D eigenvalue weighted by Gasteiger charge is 2.15. The average Bonchev–Trinajstić information content (AvgIpc) is 3.16. The van der Waals surface area contributed by atoms with E-state index in [1.165, 1.54) is 14.2 Å². The molecule has 2 aromatic rings. The number of unbranched alkanes of at least 4 members (excludes halogenated alkanes) is 4. The maximum absolute atomic E-state index is 12.0. The number of phenolic OH excluding ortho intramolecular Hbond substituents is 1. The normalized spacial score (nSPS) is 11.1. The number of rotatable bonds is 24. The first kappa shape index (κ1) is 62.3. The second-order valence-corrected chi connectivity index (χ2v) is 17.3. The van der Waals surface area contributed by atoms with Crippen molar-refractivity contribution in [2.45, 2.75) is 92.2 Å². The number of benzene rings is 2. The van der Waals surface area contributed by atoms with Gasteiger partial charge in [0, 0.05) is 25.9 Å². The van der Waals surface area contributed by atoms with Crippen LogP contribution in [0.2, 0.25) is 0 Å². The quantitative estimate of drug-likeness (QED) is 0.0407. The van der Waals surface area contributed by atoms with Crippen molar-refractivity contribution in [1.29, 1.82) is 0 Å². The SMILES string of the molecule is COc1cc(CNC(=O)CCCC/C=C/C(C)C)ccc1O.COc1cc(CNC(=O)CCCC/C=C/C(C)C)ccc1OC(=O)OCC[N+](C)(C)C.C[N+](C)(C)CCO.[Cl-].[Cl-]. The van der Waals surface area contributed by atoms with E-state index in [1.54, 1.807) is 36.4 Å². The summed E-state index contributed by atoms with van der Waals surface area (Å²) in [5.74, 6) is 2.44. The molecular weight excluding hydrogens is 835 g/mol. The predicted molar refractivity (Wildman–Crippen MR) is 241 cm³/mol. The Bertz CT molecular complexity index is 1570. The zero-order valence-electron chi connectivity index (χ0n) is 39.7. The number of aliphatic hydroxyl groups is 1. The van der Waals surface area contributed by atoms with Crippen molar-refractivity contribution in [2.24, 2.45) is 11.8 Å². The first-order valence-corrected chi connectivity index (χ1v) is 21.2. The van der Waals surface area contributed by atoms with Crippen LogP contribution in [0.25, 0.3) is 0 Å². The predicted octanol–water partition coefficient (Wildman–Crippen LogP) is 1.79. The van der Waals surface area contributed by atoms with Crippen molar-refractivity contribution in [2.75, 3.05) is 82.8 Å². The van der Waals surface area contributed by atoms with E-state index in [0.29, 0.717) is 60.3 Å². The van der Waals surface area contributed by atoms with Crippen LogP contribution in [-0.4, -0.2) is 120 Å². The van der Waals surface area contributed by atoms with E-state index < -0.39 is 6.16 Å². The van der Waals surface area contributed by atoms with E-state index in [1.807, 2.05) is 21.1 Å². The highest BCUT2D eigenvalue weighted by atomic mass is 35.5. The van der Waals surface area contributed by atoms with Crippen molar-refractivity contribution in [3.05, 3.63) is 71.8 Å². The third-order valence-electron chi connectivity index (χ3n) is 8.49. The van der Waals surface area contributed by atoms with Gasteiger partial charge in [0.2, 0.25) is 11.8 Å². The fourth-order valence-corrected chi connectivity index (χ4v) is 4.97. The molecule has 0 aliphatic heterocycles. The molecule has 2 amide bonds. The lowest BCUT2D eigenvalue weighted by molar-refractivity contribution is -0.870. The highest BCUT2D eigenvalue weighted by molar-refractivity contribution is 5.76. The molecule has 2 rings (SSSR count). The van der Waals surface area contributed by atoms with Crippen molar-refractivity contribution in [3.8, 4) is 23.0 Å². The number of hydrogen-bond donors (Lipinski definition) is 4. The maximum Gasteiger partial charge on any atom is 0.514 e. The second kappa shape index (κ2) is 35.5. The van der Waals surface area contributed by atoms with E-state index in [-0.39, 0.29) is 61.3 Å². The number of aliphatic hydroxyl groups excluding tert-OH is 1. The number of allylic oxidation sites excluding steroid dienone is 4. The van der Waals surface area contributed by atoms with Gasteiger partial charge in [-0.15, -0.1) is 0 Å². The molecule has 0 unspecified atom stereocenters. The molecule has 0 aromatic heterocycles. The van der Waals surface area contributed by atoms with Gasteiger partial charge in [0.05, 0.1) is 63.1 Å². The summed E-state index contributed by atoms with van der Waals surface area (Å²) in [4.78, 5) is 35.7. The lowest BCUT2D eigenvalue weighted by Crippen LogP contribution is -3.00. The highest BCUT2D eigenvalue weighted by Crippen LogP contribution is 2.29. The fraction of sp³-hybridized carbons (Fsp3) is 0.596. The van der Waals surface area contributed by atoms with Crippen LogP contribution in [0.1, 0.15) is 90.2 Å². The minimum atomic E-state index is -0.768. The van der Waals surface area contributed by atoms with Crippen LogP contribution in [0.15, 0.2) is 60.7 Å². The summed E-state index contributed by atoms with van der Waals surface area (Å²) >= 11 is 0. The number of hydrogen-bond acceptors (Lipinski definition) is 9. The number of phenols is 1. The van der Waals surface area contributed by atoms with Crippen molar-refractivity contribution < 1.29 is 77.3 Å². The van der Waals surface area contributed by atoms with E-state index in [0.717, 1.165) is 60.7 Å². The van der Waals surface area contributed by atoms with Gasteiger partial charge in [0.15, 0.2) is 23.0 Å². The Morgan fingerprint density at radius 2 is 1.11 bits per heavy atom. The van der Waals surface area contributed by atoms with Crippen molar-refractivity contribution >= 4 is 18.0 Å². The molecule has 0 radical (unpaired) electrons. The molecular formula is C47H80Cl2N4O9. The van der Waals surface area contributed by atoms with Gasteiger partial charge >= 0.3 is 6.16 Å². The zero-order chi connectivity index (χ0) is 45.6. The van der Waals surface area contributed by atoms with Gasteiger partial charge in [0.1, 0.15) is 19.7 Å². The first-order chi connectivity index (χ1) is 28.2. The van der Waals surface area contributed by atoms with Crippen LogP contribution in [0.4, 0.5) is 4.79 Å². The lowest BCUT2D eigenvalue weighted by atomic mass is 10.1. The third-order valence-corrected chi connectivity index (χ3v) is 8.49. The summed E-state index contributed by atoms with van der Waals surface area (Å²) in [7, 11) is 15.2. The Morgan fingerprint density at radius 3 is 1.52 bits per heavy atom. The summed E-state index contributed by atoms with van der Waals surface area (Å²) in [6.45, 7) is 11.5. The van der Waals surface area contributed by atoms with E-state index in [4.69, 9.17) is 24.1 Å². The number of nitrogens with one attached hydrogen (secondary N) is 2. The molecule has 0 aliphatic rings. The van der Waals surface area contributed by atoms with Crippen LogP contribution >= 0.6 is 0 Å². The Kier molecular flexibility index (Phi) is 35.6. The van der Waals surface area contributed by atoms with Crippen LogP contribution in [-0.2, 0) is 27.4 Å². The number of aromatic hydroxyl groups is 1. The number of carbonyl (C=O) groups is 3. The van der Waals surface area contributed by atoms with Gasteiger partial charge in [-0.25, -0.2) is 4.79 Å². The van der Waals surface area contributed by atoms with Crippen LogP contribution in [0.3, 0.4) is 0 Å². The van der Waals surface area contributed by atoms with E-state index >= 15 is 0 Å². The Balaban J connectivity index is -0.000000979. The molecule has 0 saturated carbocycles. The minimum Gasteiger partial charge on any atom is -1.00 e. The van der Waals surface area contributed by atoms with Gasteiger partial charge < -0.3 is 73.6 Å².